The summed E-state index contributed by atoms with van der Waals surface area (Å²) >= 11 is 6.09. The Morgan fingerprint density at radius 1 is 1.40 bits per heavy atom. The van der Waals surface area contributed by atoms with Crippen LogP contribution >= 0.6 is 11.6 Å². The largest absolute Gasteiger partial charge is 0.245 e. The Morgan fingerprint density at radius 3 is 2.93 bits per heavy atom. The quantitative estimate of drug-likeness (QED) is 0.779. The molecule has 2 aromatic heterocycles. The van der Waals surface area contributed by atoms with Crippen LogP contribution in [0.4, 0.5) is 0 Å². The average Bonchev–Trinajstić information content (AvgIpc) is 3.04. The van der Waals surface area contributed by atoms with Gasteiger partial charge in [0.25, 0.3) is 0 Å². The summed E-state index contributed by atoms with van der Waals surface area (Å²) in [5, 5.41) is 5.04. The Labute approximate surface area is 91.9 Å². The lowest BCUT2D eigenvalue weighted by atomic mass is 10.3. The van der Waals surface area contributed by atoms with Gasteiger partial charge in [0.2, 0.25) is 0 Å². The molecule has 2 heterocycles. The van der Waals surface area contributed by atoms with E-state index in [9.17, 15) is 0 Å². The molecule has 0 N–H and O–H groups in total. The highest BCUT2D eigenvalue weighted by Crippen LogP contribution is 2.40. The Kier molecular flexibility index (Phi) is 1.95. The van der Waals surface area contributed by atoms with Crippen molar-refractivity contribution in [3.8, 4) is 5.82 Å². The normalized spacial score (nSPS) is 15.5. The fraction of sp³-hybridized carbons (Fsp3) is 0.300. The molecule has 0 unspecified atom stereocenters. The highest BCUT2D eigenvalue weighted by Gasteiger charge is 2.27. The van der Waals surface area contributed by atoms with Crippen molar-refractivity contribution in [2.75, 3.05) is 0 Å². The third-order valence-corrected chi connectivity index (χ3v) is 2.73. The minimum atomic E-state index is 0.602. The van der Waals surface area contributed by atoms with Gasteiger partial charge in [-0.3, -0.25) is 0 Å². The van der Waals surface area contributed by atoms with Gasteiger partial charge in [0.05, 0.1) is 5.69 Å². The second-order valence-corrected chi connectivity index (χ2v) is 4.03. The summed E-state index contributed by atoms with van der Waals surface area (Å²) in [5.41, 5.74) is 1.07. The molecule has 0 aromatic carbocycles. The Balaban J connectivity index is 2.04. The molecule has 0 saturated heterocycles. The fourth-order valence-electron chi connectivity index (χ4n) is 1.52. The molecule has 1 aliphatic rings. The van der Waals surface area contributed by atoms with Crippen LogP contribution in [0.3, 0.4) is 0 Å². The topological polar surface area (TPSA) is 43.6 Å². The van der Waals surface area contributed by atoms with E-state index in [0.29, 0.717) is 16.9 Å². The summed E-state index contributed by atoms with van der Waals surface area (Å²) in [6.07, 6.45) is 5.61. The highest BCUT2D eigenvalue weighted by atomic mass is 35.5. The molecule has 5 heteroatoms. The van der Waals surface area contributed by atoms with Crippen LogP contribution in [0.15, 0.2) is 24.7 Å². The Hall–Kier alpha value is -1.42. The molecule has 0 radical (unpaired) electrons. The average molecular weight is 221 g/mol. The summed E-state index contributed by atoms with van der Waals surface area (Å²) in [5.74, 6) is 1.31. The van der Waals surface area contributed by atoms with Gasteiger partial charge < -0.3 is 0 Å². The number of rotatable bonds is 2. The number of nitrogens with zero attached hydrogens (tertiary/aromatic N) is 4. The van der Waals surface area contributed by atoms with E-state index in [1.807, 2.05) is 6.07 Å². The Morgan fingerprint density at radius 2 is 2.27 bits per heavy atom. The second kappa shape index (κ2) is 3.31. The van der Waals surface area contributed by atoms with Crippen molar-refractivity contribution in [2.24, 2.45) is 0 Å². The van der Waals surface area contributed by atoms with Gasteiger partial charge in [-0.15, -0.1) is 0 Å². The molecule has 4 nitrogen and oxygen atoms in total. The minimum Gasteiger partial charge on any atom is -0.245 e. The first-order chi connectivity index (χ1) is 7.34. The van der Waals surface area contributed by atoms with E-state index in [1.54, 1.807) is 16.9 Å². The van der Waals surface area contributed by atoms with Crippen LogP contribution in [0.5, 0.6) is 0 Å². The van der Waals surface area contributed by atoms with Gasteiger partial charge in [-0.2, -0.15) is 5.10 Å². The number of hydrogen-bond acceptors (Lipinski definition) is 3. The molecule has 76 valence electrons. The molecule has 1 saturated carbocycles. The first-order valence-electron chi connectivity index (χ1n) is 4.86. The van der Waals surface area contributed by atoms with Gasteiger partial charge in [0, 0.05) is 18.2 Å². The third-order valence-electron chi connectivity index (χ3n) is 2.46. The van der Waals surface area contributed by atoms with E-state index in [4.69, 9.17) is 11.6 Å². The molecule has 0 aliphatic heterocycles. The van der Waals surface area contributed by atoms with Crippen LogP contribution in [0.1, 0.15) is 24.5 Å². The summed E-state index contributed by atoms with van der Waals surface area (Å²) in [6, 6.07) is 3.71. The zero-order chi connectivity index (χ0) is 10.3. The monoisotopic (exact) mass is 220 g/mol. The van der Waals surface area contributed by atoms with Crippen molar-refractivity contribution < 1.29 is 0 Å². The van der Waals surface area contributed by atoms with Crippen molar-refractivity contribution in [3.05, 3.63) is 35.5 Å². The minimum absolute atomic E-state index is 0.602. The fourth-order valence-corrected chi connectivity index (χ4v) is 1.76. The zero-order valence-corrected chi connectivity index (χ0v) is 8.72. The predicted octanol–water partition coefficient (Wildman–Crippen LogP) is 2.19. The molecule has 0 bridgehead atoms. The van der Waals surface area contributed by atoms with Crippen LogP contribution in [-0.2, 0) is 0 Å². The molecule has 0 atom stereocenters. The lowest BCUT2D eigenvalue weighted by Crippen LogP contribution is -2.00. The number of aromatic nitrogens is 4. The SMILES string of the molecule is Clc1cc(C2CC2)nn1-c1ccncn1. The predicted molar refractivity (Wildman–Crippen MR) is 56.1 cm³/mol. The van der Waals surface area contributed by atoms with Crippen molar-refractivity contribution in [2.45, 2.75) is 18.8 Å². The maximum Gasteiger partial charge on any atom is 0.158 e. The van der Waals surface area contributed by atoms with Crippen molar-refractivity contribution in [1.82, 2.24) is 19.7 Å². The standard InChI is InChI=1S/C10H9ClN4/c11-9-5-8(7-1-2-7)14-15(9)10-3-4-12-6-13-10/h3-7H,1-2H2. The van der Waals surface area contributed by atoms with Gasteiger partial charge in [-0.1, -0.05) is 11.6 Å². The molecule has 0 spiro atoms. The molecular weight excluding hydrogens is 212 g/mol. The van der Waals surface area contributed by atoms with E-state index in [-0.39, 0.29) is 0 Å². The Bertz CT molecular complexity index is 475. The summed E-state index contributed by atoms with van der Waals surface area (Å²) in [7, 11) is 0. The van der Waals surface area contributed by atoms with E-state index in [2.05, 4.69) is 15.1 Å². The zero-order valence-electron chi connectivity index (χ0n) is 7.97. The van der Waals surface area contributed by atoms with E-state index in [1.165, 1.54) is 19.2 Å². The first-order valence-corrected chi connectivity index (χ1v) is 5.24. The molecular formula is C10H9ClN4. The van der Waals surface area contributed by atoms with Crippen LogP contribution in [0.25, 0.3) is 5.82 Å². The maximum atomic E-state index is 6.09. The van der Waals surface area contributed by atoms with Crippen LogP contribution in [0.2, 0.25) is 5.15 Å². The summed E-state index contributed by atoms with van der Waals surface area (Å²) in [6.45, 7) is 0. The van der Waals surface area contributed by atoms with E-state index < -0.39 is 0 Å². The van der Waals surface area contributed by atoms with Crippen molar-refractivity contribution >= 4 is 11.6 Å². The van der Waals surface area contributed by atoms with Gasteiger partial charge in [0.1, 0.15) is 11.5 Å². The molecule has 1 aliphatic carbocycles. The number of hydrogen-bond donors (Lipinski definition) is 0. The van der Waals surface area contributed by atoms with Crippen molar-refractivity contribution in [1.29, 1.82) is 0 Å². The van der Waals surface area contributed by atoms with Crippen LogP contribution < -0.4 is 0 Å². The van der Waals surface area contributed by atoms with Gasteiger partial charge in [-0.25, -0.2) is 14.6 Å². The third kappa shape index (κ3) is 1.61. The highest BCUT2D eigenvalue weighted by molar-refractivity contribution is 6.29. The van der Waals surface area contributed by atoms with Crippen molar-refractivity contribution in [3.63, 3.8) is 0 Å². The van der Waals surface area contributed by atoms with Crippen LogP contribution in [0, 0.1) is 0 Å². The van der Waals surface area contributed by atoms with Crippen LogP contribution in [-0.4, -0.2) is 19.7 Å². The lowest BCUT2D eigenvalue weighted by molar-refractivity contribution is 0.808. The molecule has 3 rings (SSSR count). The first kappa shape index (κ1) is 8.85. The summed E-state index contributed by atoms with van der Waals surface area (Å²) in [4.78, 5) is 7.97. The molecule has 1 fully saturated rings. The smallest absolute Gasteiger partial charge is 0.158 e. The van der Waals surface area contributed by atoms with Gasteiger partial charge in [-0.05, 0) is 18.9 Å². The molecule has 0 amide bonds. The van der Waals surface area contributed by atoms with E-state index in [0.717, 1.165) is 5.69 Å². The summed E-state index contributed by atoms with van der Waals surface area (Å²) < 4.78 is 1.65. The molecule has 15 heavy (non-hydrogen) atoms. The molecule has 2 aromatic rings. The second-order valence-electron chi connectivity index (χ2n) is 3.65. The van der Waals surface area contributed by atoms with Gasteiger partial charge >= 0.3 is 0 Å². The maximum absolute atomic E-state index is 6.09. The lowest BCUT2D eigenvalue weighted by Gasteiger charge is -1.99. The van der Waals surface area contributed by atoms with E-state index >= 15 is 0 Å². The van der Waals surface area contributed by atoms with Gasteiger partial charge in [0.15, 0.2) is 5.82 Å². The number of halogens is 1.